The Kier molecular flexibility index (Phi) is 4.78. The van der Waals surface area contributed by atoms with Gasteiger partial charge in [0.25, 0.3) is 0 Å². The molecule has 0 radical (unpaired) electrons. The van der Waals surface area contributed by atoms with Gasteiger partial charge in [-0.15, -0.1) is 0 Å². The number of benzene rings is 1. The second kappa shape index (κ2) is 6.60. The summed E-state index contributed by atoms with van der Waals surface area (Å²) in [4.78, 5) is 22.9. The van der Waals surface area contributed by atoms with Crippen LogP contribution in [0.1, 0.15) is 21.6 Å². The van der Waals surface area contributed by atoms with Gasteiger partial charge in [-0.05, 0) is 19.1 Å². The third kappa shape index (κ3) is 3.08. The van der Waals surface area contributed by atoms with Gasteiger partial charge in [-0.1, -0.05) is 6.07 Å². The van der Waals surface area contributed by atoms with E-state index in [1.165, 1.54) is 32.4 Å². The van der Waals surface area contributed by atoms with Crippen LogP contribution in [0.5, 0.6) is 11.6 Å². The van der Waals surface area contributed by atoms with Gasteiger partial charge in [-0.25, -0.2) is 9.37 Å². The van der Waals surface area contributed by atoms with Crippen LogP contribution in [0.3, 0.4) is 0 Å². The lowest BCUT2D eigenvalue weighted by Crippen LogP contribution is -2.18. The molecule has 0 unspecified atom stereocenters. The Morgan fingerprint density at radius 3 is 2.43 bits per heavy atom. The highest BCUT2D eigenvalue weighted by Crippen LogP contribution is 2.28. The second-order valence-electron chi connectivity index (χ2n) is 5.05. The summed E-state index contributed by atoms with van der Waals surface area (Å²) in [6.07, 6.45) is 0. The molecule has 0 amide bonds. The van der Waals surface area contributed by atoms with Crippen molar-refractivity contribution in [2.45, 2.75) is 6.92 Å². The summed E-state index contributed by atoms with van der Waals surface area (Å²) in [6, 6.07) is 4.21. The molecule has 6 nitrogen and oxygen atoms in total. The Balaban J connectivity index is 2.67. The predicted molar refractivity (Wildman–Crippen MR) is 84.0 cm³/mol. The van der Waals surface area contributed by atoms with Crippen molar-refractivity contribution in [3.8, 4) is 11.6 Å². The van der Waals surface area contributed by atoms with Crippen LogP contribution >= 0.6 is 0 Å². The molecule has 0 aliphatic heterocycles. The first-order chi connectivity index (χ1) is 10.9. The van der Waals surface area contributed by atoms with Gasteiger partial charge in [0.05, 0.1) is 14.2 Å². The third-order valence-electron chi connectivity index (χ3n) is 3.32. The average molecular weight is 319 g/mol. The Bertz CT molecular complexity index is 748. The van der Waals surface area contributed by atoms with E-state index in [9.17, 15) is 9.18 Å². The number of ketones is 1. The molecule has 0 atom stereocenters. The van der Waals surface area contributed by atoms with Crippen LogP contribution in [0.25, 0.3) is 0 Å². The number of rotatable bonds is 5. The number of methoxy groups -OCH3 is 2. The predicted octanol–water partition coefficient (Wildman–Crippen LogP) is 2.24. The largest absolute Gasteiger partial charge is 0.496 e. The minimum absolute atomic E-state index is 0.0731. The Morgan fingerprint density at radius 2 is 1.87 bits per heavy atom. The molecule has 1 heterocycles. The topological polar surface area (TPSA) is 64.5 Å². The summed E-state index contributed by atoms with van der Waals surface area (Å²) in [6.45, 7) is 1.65. The zero-order valence-corrected chi connectivity index (χ0v) is 13.7. The third-order valence-corrected chi connectivity index (χ3v) is 3.32. The van der Waals surface area contributed by atoms with Gasteiger partial charge in [0, 0.05) is 19.7 Å². The average Bonchev–Trinajstić information content (AvgIpc) is 2.53. The van der Waals surface area contributed by atoms with E-state index < -0.39 is 11.6 Å². The molecule has 2 rings (SSSR count). The zero-order valence-electron chi connectivity index (χ0n) is 13.7. The van der Waals surface area contributed by atoms with Crippen molar-refractivity contribution in [3.05, 3.63) is 40.8 Å². The van der Waals surface area contributed by atoms with Gasteiger partial charge in [-0.3, -0.25) is 4.79 Å². The minimum Gasteiger partial charge on any atom is -0.496 e. The molecule has 23 heavy (non-hydrogen) atoms. The summed E-state index contributed by atoms with van der Waals surface area (Å²) >= 11 is 0. The molecule has 0 aliphatic carbocycles. The van der Waals surface area contributed by atoms with Crippen molar-refractivity contribution < 1.29 is 18.7 Å². The number of carbonyl (C=O) groups is 1. The quantitative estimate of drug-likeness (QED) is 0.788. The normalized spacial score (nSPS) is 10.3. The van der Waals surface area contributed by atoms with Crippen LogP contribution in [-0.4, -0.2) is 44.1 Å². The van der Waals surface area contributed by atoms with Crippen LogP contribution in [0.15, 0.2) is 18.2 Å². The molecular weight excluding hydrogens is 301 g/mol. The van der Waals surface area contributed by atoms with E-state index in [2.05, 4.69) is 9.97 Å². The fourth-order valence-electron chi connectivity index (χ4n) is 2.12. The van der Waals surface area contributed by atoms with E-state index in [1.807, 2.05) is 0 Å². The van der Waals surface area contributed by atoms with Crippen LogP contribution in [0.2, 0.25) is 0 Å². The fourth-order valence-corrected chi connectivity index (χ4v) is 2.12. The molecule has 7 heteroatoms. The van der Waals surface area contributed by atoms with Crippen LogP contribution in [0, 0.1) is 12.7 Å². The summed E-state index contributed by atoms with van der Waals surface area (Å²) in [5.41, 5.74) is 0.348. The maximum absolute atomic E-state index is 14.2. The molecule has 0 saturated heterocycles. The number of carbonyl (C=O) groups excluding carboxylic acids is 1. The van der Waals surface area contributed by atoms with Crippen molar-refractivity contribution in [1.82, 2.24) is 9.97 Å². The lowest BCUT2D eigenvalue weighted by molar-refractivity contribution is 0.102. The van der Waals surface area contributed by atoms with Gasteiger partial charge in [-0.2, -0.15) is 4.98 Å². The maximum Gasteiger partial charge on any atom is 0.228 e. The lowest BCUT2D eigenvalue weighted by atomic mass is 10.0. The molecule has 122 valence electrons. The Morgan fingerprint density at radius 1 is 1.17 bits per heavy atom. The number of hydrogen-bond donors (Lipinski definition) is 0. The summed E-state index contributed by atoms with van der Waals surface area (Å²) < 4.78 is 24.5. The number of ether oxygens (including phenoxy) is 2. The minimum atomic E-state index is -0.669. The van der Waals surface area contributed by atoms with E-state index >= 15 is 0 Å². The molecule has 1 aromatic carbocycles. The maximum atomic E-state index is 14.2. The van der Waals surface area contributed by atoms with Gasteiger partial charge >= 0.3 is 0 Å². The van der Waals surface area contributed by atoms with Crippen molar-refractivity contribution in [1.29, 1.82) is 0 Å². The number of halogens is 1. The van der Waals surface area contributed by atoms with Crippen LogP contribution < -0.4 is 14.4 Å². The number of anilines is 1. The summed E-state index contributed by atoms with van der Waals surface area (Å²) in [5, 5.41) is 0. The highest BCUT2D eigenvalue weighted by Gasteiger charge is 2.25. The summed E-state index contributed by atoms with van der Waals surface area (Å²) in [5.74, 6) is -0.536. The number of hydrogen-bond acceptors (Lipinski definition) is 6. The van der Waals surface area contributed by atoms with E-state index in [-0.39, 0.29) is 22.9 Å². The fraction of sp³-hybridized carbons (Fsp3) is 0.312. The molecule has 0 bridgehead atoms. The second-order valence-corrected chi connectivity index (χ2v) is 5.05. The Hall–Kier alpha value is -2.70. The highest BCUT2D eigenvalue weighted by molar-refractivity contribution is 6.10. The molecule has 1 aromatic heterocycles. The molecule has 2 aromatic rings. The van der Waals surface area contributed by atoms with Gasteiger partial charge in [0.15, 0.2) is 0 Å². The first-order valence-corrected chi connectivity index (χ1v) is 6.87. The molecule has 0 fully saturated rings. The van der Waals surface area contributed by atoms with E-state index in [4.69, 9.17) is 9.47 Å². The van der Waals surface area contributed by atoms with Crippen molar-refractivity contribution >= 4 is 11.7 Å². The van der Waals surface area contributed by atoms with E-state index in [1.54, 1.807) is 25.9 Å². The highest BCUT2D eigenvalue weighted by atomic mass is 19.1. The van der Waals surface area contributed by atoms with Gasteiger partial charge in [0.1, 0.15) is 22.8 Å². The summed E-state index contributed by atoms with van der Waals surface area (Å²) in [7, 11) is 6.31. The molecule has 0 spiro atoms. The molecule has 0 saturated carbocycles. The molecule has 0 aliphatic rings. The monoisotopic (exact) mass is 319 g/mol. The smallest absolute Gasteiger partial charge is 0.228 e. The van der Waals surface area contributed by atoms with E-state index in [0.717, 1.165) is 0 Å². The first-order valence-electron chi connectivity index (χ1n) is 6.87. The van der Waals surface area contributed by atoms with Crippen LogP contribution in [0.4, 0.5) is 10.3 Å². The van der Waals surface area contributed by atoms with Gasteiger partial charge in [0.2, 0.25) is 17.6 Å². The van der Waals surface area contributed by atoms with E-state index in [0.29, 0.717) is 11.5 Å². The number of aromatic nitrogens is 2. The number of nitrogens with zero attached hydrogens (tertiary/aromatic N) is 3. The standard InChI is InChI=1S/C16H18FN3O3/c1-9-13(18-16(20(2)3)19-15(9)23-5)14(21)12-10(17)7-6-8-11(12)22-4/h6-8H,1-5H3. The van der Waals surface area contributed by atoms with Crippen molar-refractivity contribution in [2.24, 2.45) is 0 Å². The SMILES string of the molecule is COc1cccc(F)c1C(=O)c1nc(N(C)C)nc(OC)c1C. The zero-order chi connectivity index (χ0) is 17.1. The van der Waals surface area contributed by atoms with Crippen LogP contribution in [-0.2, 0) is 0 Å². The van der Waals surface area contributed by atoms with Crippen molar-refractivity contribution in [2.75, 3.05) is 33.2 Å². The van der Waals surface area contributed by atoms with Crippen molar-refractivity contribution in [3.63, 3.8) is 0 Å². The van der Waals surface area contributed by atoms with Gasteiger partial charge < -0.3 is 14.4 Å². The first kappa shape index (κ1) is 16.7. The molecular formula is C16H18FN3O3. The Labute approximate surface area is 133 Å². The lowest BCUT2D eigenvalue weighted by Gasteiger charge is -2.16. The molecule has 0 N–H and O–H groups in total.